The molecule has 0 amide bonds. The number of carboxylic acid groups (broad SMARTS) is 1. The van der Waals surface area contributed by atoms with Crippen LogP contribution in [0.15, 0.2) is 85.1 Å². The van der Waals surface area contributed by atoms with Gasteiger partial charge in [-0.1, -0.05) is 157 Å². The van der Waals surface area contributed by atoms with E-state index >= 15 is 0 Å². The molecule has 0 saturated carbocycles. The first-order valence-corrected chi connectivity index (χ1v) is 22.6. The Labute approximate surface area is 354 Å². The van der Waals surface area contributed by atoms with Crippen LogP contribution < -0.4 is 5.11 Å². The molecular weight excluding hydrogens is 727 g/mol. The van der Waals surface area contributed by atoms with Gasteiger partial charge < -0.3 is 28.6 Å². The number of rotatable bonds is 39. The molecule has 330 valence electrons. The van der Waals surface area contributed by atoms with Crippen LogP contribution in [0.25, 0.3) is 0 Å². The van der Waals surface area contributed by atoms with Gasteiger partial charge in [0.2, 0.25) is 0 Å². The van der Waals surface area contributed by atoms with Gasteiger partial charge in [-0.3, -0.25) is 9.59 Å². The second kappa shape index (κ2) is 40.3. The largest absolute Gasteiger partial charge is 0.544 e. The number of nitrogens with zero attached hydrogens (tertiary/aromatic N) is 1. The lowest BCUT2D eigenvalue weighted by molar-refractivity contribution is -0.889. The molecule has 0 spiro atoms. The minimum Gasteiger partial charge on any atom is -0.544 e. The third-order valence-electron chi connectivity index (χ3n) is 9.59. The molecule has 0 rings (SSSR count). The van der Waals surface area contributed by atoms with Gasteiger partial charge in [-0.05, 0) is 70.6 Å². The number of carboxylic acids is 1. The molecule has 0 aromatic carbocycles. The summed E-state index contributed by atoms with van der Waals surface area (Å²) in [5.41, 5.74) is 0. The SMILES string of the molecule is CC/C=C/C=C/C=C/CCCCCCCCCC(=O)OC(COCCC(C(=O)[O-])[N+](C)(C)C)COC(=O)CCCCCCCC/C=C/C/C=C/C/C=C/C/C=C/CC. The first-order valence-electron chi connectivity index (χ1n) is 22.6. The summed E-state index contributed by atoms with van der Waals surface area (Å²) < 4.78 is 17.2. The fraction of sp³-hybridized carbons (Fsp3) is 0.660. The third-order valence-corrected chi connectivity index (χ3v) is 9.59. The zero-order valence-electron chi connectivity index (χ0n) is 37.4. The average Bonchev–Trinajstić information content (AvgIpc) is 3.18. The van der Waals surface area contributed by atoms with Gasteiger partial charge in [-0.2, -0.15) is 0 Å². The third kappa shape index (κ3) is 38.1. The number of ether oxygens (including phenoxy) is 3. The number of unbranched alkanes of at least 4 members (excludes halogenated alkanes) is 13. The van der Waals surface area contributed by atoms with Gasteiger partial charge >= 0.3 is 11.9 Å². The molecule has 0 aliphatic rings. The minimum atomic E-state index is -1.13. The van der Waals surface area contributed by atoms with Crippen LogP contribution in [0, 0.1) is 0 Å². The van der Waals surface area contributed by atoms with Crippen LogP contribution in [0.1, 0.15) is 162 Å². The van der Waals surface area contributed by atoms with Gasteiger partial charge in [0.1, 0.15) is 12.6 Å². The lowest BCUT2D eigenvalue weighted by Crippen LogP contribution is -2.55. The zero-order valence-corrected chi connectivity index (χ0v) is 37.4. The van der Waals surface area contributed by atoms with Crippen molar-refractivity contribution in [3.63, 3.8) is 0 Å². The van der Waals surface area contributed by atoms with Gasteiger partial charge in [0.05, 0.1) is 40.3 Å². The van der Waals surface area contributed by atoms with Crippen LogP contribution in [0.4, 0.5) is 0 Å². The Morgan fingerprint density at radius 3 is 1.53 bits per heavy atom. The summed E-state index contributed by atoms with van der Waals surface area (Å²) in [6, 6.07) is -0.735. The highest BCUT2D eigenvalue weighted by molar-refractivity contribution is 5.70. The van der Waals surface area contributed by atoms with E-state index in [-0.39, 0.29) is 42.7 Å². The van der Waals surface area contributed by atoms with Crippen LogP contribution in [0.2, 0.25) is 0 Å². The summed E-state index contributed by atoms with van der Waals surface area (Å²) in [6.45, 7) is 4.38. The highest BCUT2D eigenvalue weighted by Gasteiger charge is 2.25. The molecular formula is C50H83NO7. The van der Waals surface area contributed by atoms with Crippen molar-refractivity contribution in [1.82, 2.24) is 0 Å². The summed E-state index contributed by atoms with van der Waals surface area (Å²) in [5, 5.41) is 11.6. The molecule has 0 heterocycles. The maximum atomic E-state index is 12.7. The van der Waals surface area contributed by atoms with Gasteiger partial charge in [-0.25, -0.2) is 0 Å². The minimum absolute atomic E-state index is 0.0260. The molecule has 58 heavy (non-hydrogen) atoms. The molecule has 0 aromatic rings. The van der Waals surface area contributed by atoms with Crippen molar-refractivity contribution in [1.29, 1.82) is 0 Å². The fourth-order valence-electron chi connectivity index (χ4n) is 6.12. The maximum Gasteiger partial charge on any atom is 0.306 e. The van der Waals surface area contributed by atoms with E-state index in [4.69, 9.17) is 14.2 Å². The van der Waals surface area contributed by atoms with Crippen LogP contribution in [0.3, 0.4) is 0 Å². The number of allylic oxidation sites excluding steroid dienone is 14. The lowest BCUT2D eigenvalue weighted by Gasteiger charge is -2.34. The van der Waals surface area contributed by atoms with Crippen molar-refractivity contribution in [3.05, 3.63) is 85.1 Å². The summed E-state index contributed by atoms with van der Waals surface area (Å²) in [7, 11) is 5.39. The number of carbonyl (C=O) groups excluding carboxylic acids is 3. The lowest BCUT2D eigenvalue weighted by atomic mass is 10.1. The monoisotopic (exact) mass is 810 g/mol. The predicted octanol–water partition coefficient (Wildman–Crippen LogP) is 11.2. The Hall–Kier alpha value is -3.49. The van der Waals surface area contributed by atoms with Crippen molar-refractivity contribution in [3.8, 4) is 0 Å². The number of esters is 2. The molecule has 2 atom stereocenters. The second-order valence-electron chi connectivity index (χ2n) is 15.9. The Bertz CT molecular complexity index is 1220. The Morgan fingerprint density at radius 2 is 1.00 bits per heavy atom. The van der Waals surface area contributed by atoms with E-state index in [1.807, 2.05) is 0 Å². The maximum absolute atomic E-state index is 12.7. The summed E-state index contributed by atoms with van der Waals surface area (Å²) in [5.74, 6) is -1.78. The summed E-state index contributed by atoms with van der Waals surface area (Å²) >= 11 is 0. The first kappa shape index (κ1) is 54.5. The molecule has 0 aliphatic carbocycles. The Morgan fingerprint density at radius 1 is 0.534 bits per heavy atom. The summed E-state index contributed by atoms with van der Waals surface area (Å²) in [4.78, 5) is 36.9. The number of carbonyl (C=O) groups is 3. The van der Waals surface area contributed by atoms with Crippen LogP contribution in [-0.4, -0.2) is 75.5 Å². The number of aliphatic carboxylic acids is 1. The number of hydrogen-bond donors (Lipinski definition) is 0. The quantitative estimate of drug-likeness (QED) is 0.0200. The van der Waals surface area contributed by atoms with Gasteiger partial charge in [-0.15, -0.1) is 0 Å². The van der Waals surface area contributed by atoms with E-state index in [1.165, 1.54) is 32.1 Å². The molecule has 0 N–H and O–H groups in total. The van der Waals surface area contributed by atoms with E-state index in [1.54, 1.807) is 21.1 Å². The molecule has 0 aromatic heterocycles. The van der Waals surface area contributed by atoms with Gasteiger partial charge in [0.15, 0.2) is 6.10 Å². The summed E-state index contributed by atoms with van der Waals surface area (Å²) in [6.07, 6.45) is 51.7. The van der Waals surface area contributed by atoms with Gasteiger partial charge in [0, 0.05) is 19.3 Å². The number of likely N-dealkylation sites (N-methyl/N-ethyl adjacent to an activating group) is 1. The molecule has 0 fully saturated rings. The van der Waals surface area contributed by atoms with Crippen molar-refractivity contribution in [2.45, 2.75) is 174 Å². The predicted molar refractivity (Wildman–Crippen MR) is 240 cm³/mol. The van der Waals surface area contributed by atoms with Crippen molar-refractivity contribution in [2.24, 2.45) is 0 Å². The molecule has 8 heteroatoms. The molecule has 2 unspecified atom stereocenters. The van der Waals surface area contributed by atoms with E-state index < -0.39 is 18.1 Å². The standard InChI is InChI=1S/C50H83NO7/c1-6-8-10-12-14-16-18-20-22-23-24-25-27-28-30-32-34-36-38-40-48(52)57-45-46(44-56-43-42-47(50(54)55)51(3,4)5)58-49(53)41-39-37-35-33-31-29-26-21-19-17-15-13-11-9-7-2/h8-11,13-17,19-20,22,24-25,46-47H,6-7,12,18,21,23,26-45H2,1-5H3/b10-8+,11-9+,15-13+,16-14+,19-17+,22-20+,25-24+. The Kier molecular flexibility index (Phi) is 37.9. The Balaban J connectivity index is 4.37. The normalized spacial score (nSPS) is 13.7. The molecule has 0 aliphatic heterocycles. The van der Waals surface area contributed by atoms with Crippen LogP contribution in [-0.2, 0) is 28.6 Å². The zero-order chi connectivity index (χ0) is 42.8. The van der Waals surface area contributed by atoms with Crippen molar-refractivity contribution in [2.75, 3.05) is 41.0 Å². The van der Waals surface area contributed by atoms with Crippen molar-refractivity contribution < 1.29 is 38.2 Å². The molecule has 8 nitrogen and oxygen atoms in total. The van der Waals surface area contributed by atoms with E-state index in [0.29, 0.717) is 12.8 Å². The second-order valence-corrected chi connectivity index (χ2v) is 15.9. The number of quaternary nitrogens is 1. The highest BCUT2D eigenvalue weighted by Crippen LogP contribution is 2.13. The first-order chi connectivity index (χ1) is 28.1. The van der Waals surface area contributed by atoms with E-state index in [2.05, 4.69) is 98.9 Å². The van der Waals surface area contributed by atoms with E-state index in [9.17, 15) is 19.5 Å². The molecule has 0 radical (unpaired) electrons. The smallest absolute Gasteiger partial charge is 0.306 e. The van der Waals surface area contributed by atoms with E-state index in [0.717, 1.165) is 96.3 Å². The van der Waals surface area contributed by atoms with Crippen LogP contribution in [0.5, 0.6) is 0 Å². The topological polar surface area (TPSA) is 102 Å². The molecule has 0 bridgehead atoms. The van der Waals surface area contributed by atoms with Gasteiger partial charge in [0.25, 0.3) is 0 Å². The molecule has 0 saturated heterocycles. The number of hydrogen-bond acceptors (Lipinski definition) is 7. The van der Waals surface area contributed by atoms with Crippen LogP contribution >= 0.6 is 0 Å². The average molecular weight is 810 g/mol. The fourth-order valence-corrected chi connectivity index (χ4v) is 6.12. The van der Waals surface area contributed by atoms with Crippen molar-refractivity contribution >= 4 is 17.9 Å². The highest BCUT2D eigenvalue weighted by atomic mass is 16.6.